The van der Waals surface area contributed by atoms with Crippen molar-refractivity contribution in [1.82, 2.24) is 14.2 Å². The number of thiazole rings is 1. The van der Waals surface area contributed by atoms with Crippen LogP contribution in [0.5, 0.6) is 0 Å². The van der Waals surface area contributed by atoms with E-state index >= 15 is 0 Å². The molecule has 1 aliphatic heterocycles. The topological polar surface area (TPSA) is 88.5 Å². The third kappa shape index (κ3) is 4.48. The number of hydrogen-bond acceptors (Lipinski definition) is 5. The van der Waals surface area contributed by atoms with E-state index in [1.807, 2.05) is 30.3 Å². The summed E-state index contributed by atoms with van der Waals surface area (Å²) < 4.78 is 29.9. The van der Waals surface area contributed by atoms with Crippen molar-refractivity contribution in [1.29, 1.82) is 0 Å². The van der Waals surface area contributed by atoms with Crippen LogP contribution in [-0.2, 0) is 27.8 Å². The van der Waals surface area contributed by atoms with E-state index in [1.54, 1.807) is 11.0 Å². The zero-order valence-corrected chi connectivity index (χ0v) is 18.0. The molecule has 2 aromatic carbocycles. The predicted octanol–water partition coefficient (Wildman–Crippen LogP) is 2.21. The van der Waals surface area contributed by atoms with Crippen molar-refractivity contribution >= 4 is 37.5 Å². The van der Waals surface area contributed by atoms with Gasteiger partial charge in [-0.2, -0.15) is 0 Å². The van der Waals surface area contributed by atoms with Crippen LogP contribution in [0.1, 0.15) is 18.4 Å². The first-order valence-electron chi connectivity index (χ1n) is 9.89. The Labute approximate surface area is 179 Å². The molecular formula is C21H23N3O4S2. The lowest BCUT2D eigenvalue weighted by atomic mass is 10.2. The van der Waals surface area contributed by atoms with Crippen LogP contribution in [0.2, 0.25) is 0 Å². The Balaban J connectivity index is 1.50. The Morgan fingerprint density at radius 1 is 1.07 bits per heavy atom. The number of carbonyl (C=O) groups is 1. The van der Waals surface area contributed by atoms with Crippen LogP contribution in [0.25, 0.3) is 10.2 Å². The van der Waals surface area contributed by atoms with Crippen LogP contribution in [-0.4, -0.2) is 43.4 Å². The smallest absolute Gasteiger partial charge is 0.308 e. The Bertz CT molecular complexity index is 1210. The molecule has 4 rings (SSSR count). The molecule has 0 spiro atoms. The second-order valence-corrected chi connectivity index (χ2v) is 10.1. The molecule has 0 bridgehead atoms. The summed E-state index contributed by atoms with van der Waals surface area (Å²) in [7, 11) is -3.69. The van der Waals surface area contributed by atoms with Crippen LogP contribution in [0.4, 0.5) is 0 Å². The summed E-state index contributed by atoms with van der Waals surface area (Å²) in [5.41, 5.74) is 1.63. The summed E-state index contributed by atoms with van der Waals surface area (Å²) in [6.07, 6.45) is 2.57. The van der Waals surface area contributed by atoms with Gasteiger partial charge < -0.3 is 4.90 Å². The minimum atomic E-state index is -3.69. The average Bonchev–Trinajstić information content (AvgIpc) is 3.37. The number of hydrogen-bond donors (Lipinski definition) is 1. The van der Waals surface area contributed by atoms with Crippen LogP contribution in [0, 0.1) is 0 Å². The normalized spacial score (nSPS) is 14.5. The van der Waals surface area contributed by atoms with Gasteiger partial charge in [0.2, 0.25) is 15.9 Å². The van der Waals surface area contributed by atoms with Gasteiger partial charge in [0.05, 0.1) is 15.1 Å². The number of benzene rings is 2. The van der Waals surface area contributed by atoms with Gasteiger partial charge in [-0.1, -0.05) is 41.7 Å². The maximum absolute atomic E-state index is 12.7. The molecular weight excluding hydrogens is 422 g/mol. The van der Waals surface area contributed by atoms with Gasteiger partial charge in [-0.15, -0.1) is 0 Å². The molecule has 0 aliphatic carbocycles. The van der Waals surface area contributed by atoms with Gasteiger partial charge in [0.15, 0.2) is 0 Å². The fraction of sp³-hybridized carbons (Fsp3) is 0.333. The van der Waals surface area contributed by atoms with E-state index in [2.05, 4.69) is 4.72 Å². The van der Waals surface area contributed by atoms with Crippen molar-refractivity contribution in [2.45, 2.75) is 30.7 Å². The van der Waals surface area contributed by atoms with Gasteiger partial charge in [0.25, 0.3) is 0 Å². The largest absolute Gasteiger partial charge is 0.341 e. The maximum Gasteiger partial charge on any atom is 0.308 e. The SMILES string of the molecule is O=C(Cn1c(=O)sc2cc(S(=O)(=O)NCCc3ccccc3)ccc21)N1CCCC1. The van der Waals surface area contributed by atoms with E-state index in [0.717, 1.165) is 42.8 Å². The van der Waals surface area contributed by atoms with Gasteiger partial charge >= 0.3 is 4.87 Å². The maximum atomic E-state index is 12.7. The van der Waals surface area contributed by atoms with Crippen molar-refractivity contribution in [2.24, 2.45) is 0 Å². The number of fused-ring (bicyclic) bond motifs is 1. The highest BCUT2D eigenvalue weighted by atomic mass is 32.2. The summed E-state index contributed by atoms with van der Waals surface area (Å²) in [4.78, 5) is 26.5. The third-order valence-electron chi connectivity index (χ3n) is 5.25. The van der Waals surface area contributed by atoms with Crippen molar-refractivity contribution in [2.75, 3.05) is 19.6 Å². The third-order valence-corrected chi connectivity index (χ3v) is 7.65. The lowest BCUT2D eigenvalue weighted by Gasteiger charge is -2.15. The monoisotopic (exact) mass is 445 g/mol. The summed E-state index contributed by atoms with van der Waals surface area (Å²) in [5.74, 6) is -0.0754. The molecule has 0 unspecified atom stereocenters. The first kappa shape index (κ1) is 20.8. The van der Waals surface area contributed by atoms with E-state index < -0.39 is 10.0 Å². The molecule has 158 valence electrons. The van der Waals surface area contributed by atoms with Gasteiger partial charge in [-0.05, 0) is 43.0 Å². The molecule has 1 saturated heterocycles. The van der Waals surface area contributed by atoms with Crippen LogP contribution in [0.15, 0.2) is 58.2 Å². The second kappa shape index (κ2) is 8.71. The quantitative estimate of drug-likeness (QED) is 0.604. The van der Waals surface area contributed by atoms with E-state index in [9.17, 15) is 18.0 Å². The van der Waals surface area contributed by atoms with Crippen molar-refractivity contribution in [3.63, 3.8) is 0 Å². The number of carbonyl (C=O) groups excluding carboxylic acids is 1. The average molecular weight is 446 g/mol. The van der Waals surface area contributed by atoms with Gasteiger partial charge in [0, 0.05) is 19.6 Å². The number of amides is 1. The molecule has 2 heterocycles. The summed E-state index contributed by atoms with van der Waals surface area (Å²) in [6.45, 7) is 1.73. The van der Waals surface area contributed by atoms with Gasteiger partial charge in [-0.3, -0.25) is 14.2 Å². The minimum absolute atomic E-state index is 0.0136. The van der Waals surface area contributed by atoms with Crippen molar-refractivity contribution in [3.05, 3.63) is 63.8 Å². The highest BCUT2D eigenvalue weighted by molar-refractivity contribution is 7.89. The lowest BCUT2D eigenvalue weighted by molar-refractivity contribution is -0.130. The molecule has 1 aliphatic rings. The molecule has 30 heavy (non-hydrogen) atoms. The zero-order valence-electron chi connectivity index (χ0n) is 16.4. The van der Waals surface area contributed by atoms with Crippen molar-refractivity contribution < 1.29 is 13.2 Å². The zero-order chi connectivity index (χ0) is 21.1. The number of nitrogens with one attached hydrogen (secondary N) is 1. The predicted molar refractivity (Wildman–Crippen MR) is 117 cm³/mol. The fourth-order valence-corrected chi connectivity index (χ4v) is 5.69. The number of rotatable bonds is 7. The first-order valence-corrected chi connectivity index (χ1v) is 12.2. The van der Waals surface area contributed by atoms with Crippen LogP contribution < -0.4 is 9.60 Å². The van der Waals surface area contributed by atoms with Gasteiger partial charge in [-0.25, -0.2) is 13.1 Å². The highest BCUT2D eigenvalue weighted by Crippen LogP contribution is 2.22. The molecule has 1 aromatic heterocycles. The van der Waals surface area contributed by atoms with Crippen LogP contribution in [0.3, 0.4) is 0 Å². The highest BCUT2D eigenvalue weighted by Gasteiger charge is 2.21. The lowest BCUT2D eigenvalue weighted by Crippen LogP contribution is -2.33. The van der Waals surface area contributed by atoms with Crippen LogP contribution >= 0.6 is 11.3 Å². The summed E-state index contributed by atoms with van der Waals surface area (Å²) in [5, 5.41) is 0. The fourth-order valence-electron chi connectivity index (χ4n) is 3.62. The molecule has 7 nitrogen and oxygen atoms in total. The molecule has 9 heteroatoms. The Morgan fingerprint density at radius 2 is 1.80 bits per heavy atom. The molecule has 1 amide bonds. The number of aromatic nitrogens is 1. The Hall–Kier alpha value is -2.49. The molecule has 0 saturated carbocycles. The standard InChI is InChI=1S/C21H23N3O4S2/c25-20(23-12-4-5-13-23)15-24-18-9-8-17(14-19(18)29-21(24)26)30(27,28)22-11-10-16-6-2-1-3-7-16/h1-3,6-9,14,22H,4-5,10-13,15H2. The van der Waals surface area contributed by atoms with E-state index in [1.165, 1.54) is 16.7 Å². The molecule has 1 N–H and O–H groups in total. The van der Waals surface area contributed by atoms with Gasteiger partial charge in [0.1, 0.15) is 6.54 Å². The Morgan fingerprint density at radius 3 is 2.53 bits per heavy atom. The number of sulfonamides is 1. The summed E-state index contributed by atoms with van der Waals surface area (Å²) in [6, 6.07) is 14.2. The summed E-state index contributed by atoms with van der Waals surface area (Å²) >= 11 is 0.959. The van der Waals surface area contributed by atoms with E-state index in [-0.39, 0.29) is 28.8 Å². The first-order chi connectivity index (χ1) is 14.4. The van der Waals surface area contributed by atoms with Crippen molar-refractivity contribution in [3.8, 4) is 0 Å². The number of likely N-dealkylation sites (tertiary alicyclic amines) is 1. The second-order valence-electron chi connectivity index (χ2n) is 7.30. The Kier molecular flexibility index (Phi) is 6.03. The van der Waals surface area contributed by atoms with E-state index in [4.69, 9.17) is 0 Å². The molecule has 1 fully saturated rings. The molecule has 3 aromatic rings. The minimum Gasteiger partial charge on any atom is -0.341 e. The molecule has 0 radical (unpaired) electrons. The van der Waals surface area contributed by atoms with E-state index in [0.29, 0.717) is 16.6 Å². The molecule has 0 atom stereocenters. The number of nitrogens with zero attached hydrogens (tertiary/aromatic N) is 2.